The molecule has 20 heavy (non-hydrogen) atoms. The molecule has 0 unspecified atom stereocenters. The quantitative estimate of drug-likeness (QED) is 0.901. The molecule has 0 radical (unpaired) electrons. The Hall–Kier alpha value is -2.76. The average Bonchev–Trinajstić information content (AvgIpc) is 2.41. The van der Waals surface area contributed by atoms with E-state index >= 15 is 0 Å². The molecular formula is C14H11FN2O3. The van der Waals surface area contributed by atoms with Crippen molar-refractivity contribution >= 4 is 17.6 Å². The van der Waals surface area contributed by atoms with E-state index in [-0.39, 0.29) is 11.3 Å². The second-order valence-corrected chi connectivity index (χ2v) is 4.14. The van der Waals surface area contributed by atoms with Crippen molar-refractivity contribution in [1.82, 2.24) is 4.98 Å². The SMILES string of the molecule is Cc1cc(C(=O)Nc2cc(C(=O)O)ccc2F)ccn1. The van der Waals surface area contributed by atoms with Gasteiger partial charge in [0.15, 0.2) is 0 Å². The Balaban J connectivity index is 2.27. The summed E-state index contributed by atoms with van der Waals surface area (Å²) in [5, 5.41) is 11.2. The number of aromatic nitrogens is 1. The van der Waals surface area contributed by atoms with E-state index in [2.05, 4.69) is 10.3 Å². The van der Waals surface area contributed by atoms with Crippen LogP contribution < -0.4 is 5.32 Å². The molecular weight excluding hydrogens is 263 g/mol. The predicted molar refractivity (Wildman–Crippen MR) is 70.3 cm³/mol. The monoisotopic (exact) mass is 274 g/mol. The molecule has 2 aromatic rings. The van der Waals surface area contributed by atoms with E-state index in [0.717, 1.165) is 18.2 Å². The highest BCUT2D eigenvalue weighted by Gasteiger charge is 2.12. The van der Waals surface area contributed by atoms with Crippen LogP contribution in [0.1, 0.15) is 26.4 Å². The molecule has 0 atom stereocenters. The van der Waals surface area contributed by atoms with Gasteiger partial charge in [0.2, 0.25) is 0 Å². The Morgan fingerprint density at radius 2 is 1.95 bits per heavy atom. The van der Waals surface area contributed by atoms with Crippen LogP contribution in [-0.2, 0) is 0 Å². The number of pyridine rings is 1. The van der Waals surface area contributed by atoms with Crippen molar-refractivity contribution in [2.45, 2.75) is 6.92 Å². The number of carbonyl (C=O) groups is 2. The van der Waals surface area contributed by atoms with E-state index in [1.165, 1.54) is 12.3 Å². The number of anilines is 1. The number of aromatic carboxylic acids is 1. The maximum Gasteiger partial charge on any atom is 0.335 e. The van der Waals surface area contributed by atoms with Crippen LogP contribution in [0.25, 0.3) is 0 Å². The molecule has 0 saturated heterocycles. The lowest BCUT2D eigenvalue weighted by atomic mass is 10.1. The van der Waals surface area contributed by atoms with E-state index in [1.54, 1.807) is 13.0 Å². The molecule has 1 amide bonds. The fourth-order valence-corrected chi connectivity index (χ4v) is 1.64. The van der Waals surface area contributed by atoms with E-state index in [4.69, 9.17) is 5.11 Å². The summed E-state index contributed by atoms with van der Waals surface area (Å²) in [6, 6.07) is 6.24. The van der Waals surface area contributed by atoms with E-state index in [0.29, 0.717) is 11.3 Å². The van der Waals surface area contributed by atoms with Crippen molar-refractivity contribution in [2.24, 2.45) is 0 Å². The van der Waals surface area contributed by atoms with Crippen LogP contribution in [-0.4, -0.2) is 22.0 Å². The topological polar surface area (TPSA) is 79.3 Å². The minimum atomic E-state index is -1.19. The zero-order chi connectivity index (χ0) is 14.7. The summed E-state index contributed by atoms with van der Waals surface area (Å²) in [6.45, 7) is 1.72. The molecule has 102 valence electrons. The summed E-state index contributed by atoms with van der Waals surface area (Å²) < 4.78 is 13.6. The number of nitrogens with one attached hydrogen (secondary N) is 1. The van der Waals surface area contributed by atoms with Gasteiger partial charge in [-0.1, -0.05) is 0 Å². The van der Waals surface area contributed by atoms with Crippen molar-refractivity contribution in [3.05, 3.63) is 59.2 Å². The zero-order valence-corrected chi connectivity index (χ0v) is 10.6. The van der Waals surface area contributed by atoms with Gasteiger partial charge in [0.05, 0.1) is 11.3 Å². The first-order valence-electron chi connectivity index (χ1n) is 5.74. The molecule has 0 bridgehead atoms. The highest BCUT2D eigenvalue weighted by molar-refractivity contribution is 6.04. The van der Waals surface area contributed by atoms with E-state index < -0.39 is 17.7 Å². The maximum atomic E-state index is 13.6. The first-order chi connectivity index (χ1) is 9.47. The van der Waals surface area contributed by atoms with Gasteiger partial charge in [-0.25, -0.2) is 9.18 Å². The standard InChI is InChI=1S/C14H11FN2O3/c1-8-6-9(4-5-16-8)13(18)17-12-7-10(14(19)20)2-3-11(12)15/h2-7H,1H3,(H,17,18)(H,19,20). The first-order valence-corrected chi connectivity index (χ1v) is 5.74. The van der Waals surface area contributed by atoms with E-state index in [9.17, 15) is 14.0 Å². The van der Waals surface area contributed by atoms with Crippen LogP contribution in [0.15, 0.2) is 36.5 Å². The molecule has 0 fully saturated rings. The molecule has 0 aliphatic rings. The summed E-state index contributed by atoms with van der Waals surface area (Å²) in [6.07, 6.45) is 1.47. The number of amides is 1. The Morgan fingerprint density at radius 1 is 1.20 bits per heavy atom. The summed E-state index contributed by atoms with van der Waals surface area (Å²) in [4.78, 5) is 26.7. The number of benzene rings is 1. The molecule has 0 spiro atoms. The molecule has 0 saturated carbocycles. The minimum absolute atomic E-state index is 0.104. The average molecular weight is 274 g/mol. The van der Waals surface area contributed by atoms with Crippen molar-refractivity contribution in [3.8, 4) is 0 Å². The zero-order valence-electron chi connectivity index (χ0n) is 10.6. The van der Waals surface area contributed by atoms with Crippen molar-refractivity contribution in [3.63, 3.8) is 0 Å². The third-order valence-corrected chi connectivity index (χ3v) is 2.62. The van der Waals surface area contributed by atoms with E-state index in [1.807, 2.05) is 0 Å². The Labute approximate surface area is 114 Å². The summed E-state index contributed by atoms with van der Waals surface area (Å²) in [5.41, 5.74) is 0.687. The Kier molecular flexibility index (Phi) is 3.74. The number of aryl methyl sites for hydroxylation is 1. The summed E-state index contributed by atoms with van der Waals surface area (Å²) in [5.74, 6) is -2.42. The lowest BCUT2D eigenvalue weighted by molar-refractivity contribution is 0.0696. The van der Waals surface area contributed by atoms with Crippen LogP contribution in [0.4, 0.5) is 10.1 Å². The van der Waals surface area contributed by atoms with Gasteiger partial charge < -0.3 is 10.4 Å². The lowest BCUT2D eigenvalue weighted by Crippen LogP contribution is -2.14. The molecule has 6 heteroatoms. The van der Waals surface area contributed by atoms with Gasteiger partial charge in [-0.2, -0.15) is 0 Å². The summed E-state index contributed by atoms with van der Waals surface area (Å²) >= 11 is 0. The van der Waals surface area contributed by atoms with Gasteiger partial charge in [-0.15, -0.1) is 0 Å². The van der Waals surface area contributed by atoms with Crippen molar-refractivity contribution in [2.75, 3.05) is 5.32 Å². The third kappa shape index (κ3) is 2.97. The molecule has 1 heterocycles. The van der Waals surface area contributed by atoms with Crippen molar-refractivity contribution in [1.29, 1.82) is 0 Å². The second kappa shape index (κ2) is 5.48. The lowest BCUT2D eigenvalue weighted by Gasteiger charge is -2.07. The number of nitrogens with zero attached hydrogens (tertiary/aromatic N) is 1. The van der Waals surface area contributed by atoms with Gasteiger partial charge in [0.25, 0.3) is 5.91 Å². The van der Waals surface area contributed by atoms with Gasteiger partial charge >= 0.3 is 5.97 Å². The number of carboxylic acids is 1. The Bertz CT molecular complexity index is 686. The first kappa shape index (κ1) is 13.7. The van der Waals surface area contributed by atoms with Crippen LogP contribution in [0.2, 0.25) is 0 Å². The molecule has 5 nitrogen and oxygen atoms in total. The molecule has 1 aromatic heterocycles. The normalized spacial score (nSPS) is 10.1. The second-order valence-electron chi connectivity index (χ2n) is 4.14. The molecule has 0 aliphatic carbocycles. The Morgan fingerprint density at radius 3 is 2.60 bits per heavy atom. The number of halogens is 1. The van der Waals surface area contributed by atoms with Crippen LogP contribution in [0, 0.1) is 12.7 Å². The van der Waals surface area contributed by atoms with Gasteiger partial charge in [0.1, 0.15) is 5.82 Å². The maximum absolute atomic E-state index is 13.6. The van der Waals surface area contributed by atoms with Crippen LogP contribution in [0.5, 0.6) is 0 Å². The molecule has 1 aromatic carbocycles. The number of carboxylic acid groups (broad SMARTS) is 1. The highest BCUT2D eigenvalue weighted by atomic mass is 19.1. The van der Waals surface area contributed by atoms with Gasteiger partial charge in [-0.3, -0.25) is 9.78 Å². The third-order valence-electron chi connectivity index (χ3n) is 2.62. The van der Waals surface area contributed by atoms with Gasteiger partial charge in [-0.05, 0) is 37.3 Å². The molecule has 2 rings (SSSR count). The number of carbonyl (C=O) groups excluding carboxylic acids is 1. The highest BCUT2D eigenvalue weighted by Crippen LogP contribution is 2.17. The van der Waals surface area contributed by atoms with Crippen LogP contribution >= 0.6 is 0 Å². The number of hydrogen-bond donors (Lipinski definition) is 2. The van der Waals surface area contributed by atoms with Crippen LogP contribution in [0.3, 0.4) is 0 Å². The van der Waals surface area contributed by atoms with Crippen molar-refractivity contribution < 1.29 is 19.1 Å². The molecule has 2 N–H and O–H groups in total. The number of rotatable bonds is 3. The summed E-state index contributed by atoms with van der Waals surface area (Å²) in [7, 11) is 0. The minimum Gasteiger partial charge on any atom is -0.478 e. The smallest absolute Gasteiger partial charge is 0.335 e. The number of hydrogen-bond acceptors (Lipinski definition) is 3. The van der Waals surface area contributed by atoms with Gasteiger partial charge in [0, 0.05) is 17.5 Å². The predicted octanol–water partition coefficient (Wildman–Crippen LogP) is 2.48. The largest absolute Gasteiger partial charge is 0.478 e. The molecule has 0 aliphatic heterocycles. The fraction of sp³-hybridized carbons (Fsp3) is 0.0714. The fourth-order valence-electron chi connectivity index (χ4n) is 1.64.